The van der Waals surface area contributed by atoms with Crippen molar-refractivity contribution in [1.29, 1.82) is 0 Å². The number of carboxylic acid groups (broad SMARTS) is 1. The molecule has 0 fully saturated rings. The molecule has 0 aliphatic carbocycles. The van der Waals surface area contributed by atoms with E-state index in [1.165, 1.54) is 6.07 Å². The molecule has 3 rings (SSSR count). The van der Waals surface area contributed by atoms with E-state index >= 15 is 0 Å². The maximum Gasteiger partial charge on any atom is 0.339 e. The molecule has 0 saturated heterocycles. The summed E-state index contributed by atoms with van der Waals surface area (Å²) in [6.07, 6.45) is 0. The number of thiazole rings is 1. The molecule has 3 aromatic rings. The first-order valence-corrected chi connectivity index (χ1v) is 7.74. The van der Waals surface area contributed by atoms with Crippen LogP contribution >= 0.6 is 27.3 Å². The molecule has 0 amide bonds. The molecule has 0 radical (unpaired) electrons. The number of hydrogen-bond acceptors (Lipinski definition) is 4. The smallest absolute Gasteiger partial charge is 0.339 e. The van der Waals surface area contributed by atoms with Gasteiger partial charge in [-0.05, 0) is 30.3 Å². The van der Waals surface area contributed by atoms with Crippen molar-refractivity contribution in [3.63, 3.8) is 0 Å². The van der Waals surface area contributed by atoms with Gasteiger partial charge in [-0.15, -0.1) is 11.3 Å². The van der Waals surface area contributed by atoms with Crippen molar-refractivity contribution >= 4 is 43.5 Å². The number of hydrogen-bond donors (Lipinski definition) is 1. The summed E-state index contributed by atoms with van der Waals surface area (Å²) >= 11 is 4.80. The Kier molecular flexibility index (Phi) is 3.90. The second kappa shape index (κ2) is 5.83. The Hall–Kier alpha value is -1.92. The van der Waals surface area contributed by atoms with E-state index in [2.05, 4.69) is 20.9 Å². The van der Waals surface area contributed by atoms with Crippen LogP contribution in [0.1, 0.15) is 15.4 Å². The minimum Gasteiger partial charge on any atom is -0.486 e. The van der Waals surface area contributed by atoms with Crippen molar-refractivity contribution in [2.24, 2.45) is 0 Å². The van der Waals surface area contributed by atoms with E-state index in [1.807, 2.05) is 24.3 Å². The lowest BCUT2D eigenvalue weighted by Crippen LogP contribution is -2.03. The second-order valence-corrected chi connectivity index (χ2v) is 6.34. The average Bonchev–Trinajstić information content (AvgIpc) is 2.88. The summed E-state index contributed by atoms with van der Waals surface area (Å²) in [7, 11) is 0. The molecule has 2 aromatic carbocycles. The molecular weight excluding hydrogens is 354 g/mol. The summed E-state index contributed by atoms with van der Waals surface area (Å²) in [5, 5.41) is 10.0. The highest BCUT2D eigenvalue weighted by molar-refractivity contribution is 9.10. The van der Waals surface area contributed by atoms with Gasteiger partial charge in [-0.2, -0.15) is 0 Å². The standard InChI is InChI=1S/C15H10BrNO3S/c16-9-5-6-12(10(7-9)15(18)19)20-8-14-17-11-3-1-2-4-13(11)21-14/h1-7H,8H2,(H,18,19). The van der Waals surface area contributed by atoms with Crippen LogP contribution in [0.2, 0.25) is 0 Å². The molecule has 1 N–H and O–H groups in total. The van der Waals surface area contributed by atoms with Gasteiger partial charge in [-0.1, -0.05) is 28.1 Å². The summed E-state index contributed by atoms with van der Waals surface area (Å²) in [4.78, 5) is 15.7. The van der Waals surface area contributed by atoms with Crippen molar-refractivity contribution in [3.05, 3.63) is 57.5 Å². The summed E-state index contributed by atoms with van der Waals surface area (Å²) in [6, 6.07) is 12.7. The van der Waals surface area contributed by atoms with Crippen molar-refractivity contribution in [1.82, 2.24) is 4.98 Å². The summed E-state index contributed by atoms with van der Waals surface area (Å²) in [6.45, 7) is 0.251. The van der Waals surface area contributed by atoms with Gasteiger partial charge in [-0.3, -0.25) is 0 Å². The SMILES string of the molecule is O=C(O)c1cc(Br)ccc1OCc1nc2ccccc2s1. The first-order chi connectivity index (χ1) is 10.1. The van der Waals surface area contributed by atoms with Crippen molar-refractivity contribution in [2.75, 3.05) is 0 Å². The Labute approximate surface area is 133 Å². The van der Waals surface area contributed by atoms with Gasteiger partial charge in [0, 0.05) is 4.47 Å². The summed E-state index contributed by atoms with van der Waals surface area (Å²) in [5.41, 5.74) is 1.06. The van der Waals surface area contributed by atoms with Crippen LogP contribution in [0.5, 0.6) is 5.75 Å². The third-order valence-electron chi connectivity index (χ3n) is 2.86. The van der Waals surface area contributed by atoms with Gasteiger partial charge in [0.2, 0.25) is 0 Å². The number of rotatable bonds is 4. The minimum absolute atomic E-state index is 0.130. The second-order valence-electron chi connectivity index (χ2n) is 4.31. The lowest BCUT2D eigenvalue weighted by Gasteiger charge is -2.07. The molecular formula is C15H10BrNO3S. The molecule has 0 aliphatic heterocycles. The fraction of sp³-hybridized carbons (Fsp3) is 0.0667. The molecule has 0 aliphatic rings. The third kappa shape index (κ3) is 3.06. The molecule has 0 bridgehead atoms. The van der Waals surface area contributed by atoms with Gasteiger partial charge in [0.15, 0.2) is 0 Å². The zero-order valence-corrected chi connectivity index (χ0v) is 13.1. The molecule has 1 heterocycles. The Morgan fingerprint density at radius 2 is 2.10 bits per heavy atom. The van der Waals surface area contributed by atoms with Gasteiger partial charge in [0.05, 0.1) is 10.2 Å². The molecule has 0 spiro atoms. The topological polar surface area (TPSA) is 59.4 Å². The van der Waals surface area contributed by atoms with Crippen molar-refractivity contribution in [3.8, 4) is 5.75 Å². The Balaban J connectivity index is 1.83. The highest BCUT2D eigenvalue weighted by Crippen LogP contribution is 2.26. The van der Waals surface area contributed by atoms with E-state index in [4.69, 9.17) is 4.74 Å². The van der Waals surface area contributed by atoms with Crippen LogP contribution in [0.3, 0.4) is 0 Å². The molecule has 0 saturated carbocycles. The van der Waals surface area contributed by atoms with Crippen LogP contribution < -0.4 is 4.74 Å². The lowest BCUT2D eigenvalue weighted by atomic mass is 10.2. The zero-order valence-electron chi connectivity index (χ0n) is 10.7. The molecule has 106 valence electrons. The van der Waals surface area contributed by atoms with E-state index in [0.29, 0.717) is 10.2 Å². The van der Waals surface area contributed by atoms with Gasteiger partial charge in [0.25, 0.3) is 0 Å². The molecule has 21 heavy (non-hydrogen) atoms. The predicted octanol–water partition coefficient (Wildman–Crippen LogP) is 4.34. The van der Waals surface area contributed by atoms with Gasteiger partial charge >= 0.3 is 5.97 Å². The number of nitrogens with zero attached hydrogens (tertiary/aromatic N) is 1. The van der Waals surface area contributed by atoms with E-state index in [9.17, 15) is 9.90 Å². The largest absolute Gasteiger partial charge is 0.486 e. The Morgan fingerprint density at radius 1 is 1.29 bits per heavy atom. The molecule has 1 aromatic heterocycles. The molecule has 4 nitrogen and oxygen atoms in total. The quantitative estimate of drug-likeness (QED) is 0.748. The van der Waals surface area contributed by atoms with Crippen LogP contribution in [0.4, 0.5) is 0 Å². The fourth-order valence-electron chi connectivity index (χ4n) is 1.92. The maximum atomic E-state index is 11.2. The fourth-order valence-corrected chi connectivity index (χ4v) is 3.16. The summed E-state index contributed by atoms with van der Waals surface area (Å²) in [5.74, 6) is -0.680. The normalized spacial score (nSPS) is 10.7. The number of benzene rings is 2. The number of fused-ring (bicyclic) bond motifs is 1. The highest BCUT2D eigenvalue weighted by Gasteiger charge is 2.13. The highest BCUT2D eigenvalue weighted by atomic mass is 79.9. The number of halogens is 1. The number of aromatic nitrogens is 1. The first-order valence-electron chi connectivity index (χ1n) is 6.13. The summed E-state index contributed by atoms with van der Waals surface area (Å²) < 4.78 is 7.40. The molecule has 6 heteroatoms. The van der Waals surface area contributed by atoms with Crippen LogP contribution in [0.25, 0.3) is 10.2 Å². The number of aromatic carboxylic acids is 1. The van der Waals surface area contributed by atoms with Crippen LogP contribution in [-0.4, -0.2) is 16.1 Å². The number of para-hydroxylation sites is 1. The number of carboxylic acids is 1. The predicted molar refractivity (Wildman–Crippen MR) is 85.1 cm³/mol. The first kappa shape index (κ1) is 14.0. The Bertz CT molecular complexity index is 783. The Morgan fingerprint density at radius 3 is 2.86 bits per heavy atom. The van der Waals surface area contributed by atoms with Gasteiger partial charge in [-0.25, -0.2) is 9.78 Å². The third-order valence-corrected chi connectivity index (χ3v) is 4.36. The lowest BCUT2D eigenvalue weighted by molar-refractivity contribution is 0.0691. The monoisotopic (exact) mass is 363 g/mol. The number of ether oxygens (including phenoxy) is 1. The molecule has 0 unspecified atom stereocenters. The van der Waals surface area contributed by atoms with E-state index in [0.717, 1.165) is 15.2 Å². The van der Waals surface area contributed by atoms with E-state index in [-0.39, 0.29) is 12.2 Å². The maximum absolute atomic E-state index is 11.2. The molecule has 0 atom stereocenters. The van der Waals surface area contributed by atoms with Gasteiger partial charge < -0.3 is 9.84 Å². The van der Waals surface area contributed by atoms with Crippen molar-refractivity contribution < 1.29 is 14.6 Å². The van der Waals surface area contributed by atoms with Gasteiger partial charge in [0.1, 0.15) is 22.9 Å². The number of carbonyl (C=O) groups is 1. The zero-order chi connectivity index (χ0) is 14.8. The van der Waals surface area contributed by atoms with Crippen LogP contribution in [0.15, 0.2) is 46.9 Å². The van der Waals surface area contributed by atoms with E-state index < -0.39 is 5.97 Å². The average molecular weight is 364 g/mol. The van der Waals surface area contributed by atoms with Crippen molar-refractivity contribution in [2.45, 2.75) is 6.61 Å². The van der Waals surface area contributed by atoms with Crippen LogP contribution in [0, 0.1) is 0 Å². The van der Waals surface area contributed by atoms with Crippen LogP contribution in [-0.2, 0) is 6.61 Å². The minimum atomic E-state index is -1.02. The van der Waals surface area contributed by atoms with E-state index in [1.54, 1.807) is 23.5 Å².